The molecular weight excluding hydrogens is 579 g/mol. The standard InChI is InChI=1S/C27H27Cl2F2N7O3/c1-35(26(40)41)14-16-12-17(6-7-21(16)37-10-8-27(30,31)9-11-37)33-25-32-13-18-23(34-25)36(2)15-38(24(18)39)22-19(28)4-3-5-20(22)29/h3-7,12-13H,8-11,14-15H2,1-2H3,(H,40,41)(H,32,33,34). The number of halogens is 4. The van der Waals surface area contributed by atoms with Gasteiger partial charge in [-0.05, 0) is 35.9 Å². The van der Waals surface area contributed by atoms with Gasteiger partial charge in [0.2, 0.25) is 5.95 Å². The molecule has 0 atom stereocenters. The summed E-state index contributed by atoms with van der Waals surface area (Å²) in [6, 6.07) is 10.3. The molecule has 0 unspecified atom stereocenters. The number of rotatable bonds is 6. The Morgan fingerprint density at radius 2 is 1.85 bits per heavy atom. The molecule has 0 bridgehead atoms. The Labute approximate surface area is 245 Å². The van der Waals surface area contributed by atoms with Crippen LogP contribution in [0.3, 0.4) is 0 Å². The van der Waals surface area contributed by atoms with Gasteiger partial charge in [-0.2, -0.15) is 4.98 Å². The summed E-state index contributed by atoms with van der Waals surface area (Å²) >= 11 is 12.7. The van der Waals surface area contributed by atoms with Crippen molar-refractivity contribution in [3.8, 4) is 0 Å². The first-order valence-corrected chi connectivity index (χ1v) is 13.5. The first-order chi connectivity index (χ1) is 19.4. The van der Waals surface area contributed by atoms with Crippen LogP contribution in [-0.4, -0.2) is 71.8 Å². The number of hydrogen-bond donors (Lipinski definition) is 2. The summed E-state index contributed by atoms with van der Waals surface area (Å²) in [6.07, 6.45) is -0.230. The average molecular weight is 606 g/mol. The van der Waals surface area contributed by atoms with Crippen LogP contribution < -0.4 is 20.0 Å². The number of alkyl halides is 2. The monoisotopic (exact) mass is 605 g/mol. The van der Waals surface area contributed by atoms with Crippen molar-refractivity contribution in [2.75, 3.05) is 53.9 Å². The number of carbonyl (C=O) groups excluding carboxylic acids is 1. The van der Waals surface area contributed by atoms with E-state index in [1.165, 1.54) is 18.1 Å². The van der Waals surface area contributed by atoms with Gasteiger partial charge in [0.15, 0.2) is 0 Å². The molecule has 41 heavy (non-hydrogen) atoms. The predicted molar refractivity (Wildman–Crippen MR) is 154 cm³/mol. The fourth-order valence-electron chi connectivity index (χ4n) is 4.91. The number of para-hydroxylation sites is 1. The van der Waals surface area contributed by atoms with Crippen molar-refractivity contribution in [3.05, 3.63) is 63.8 Å². The number of nitrogens with zero attached hydrogens (tertiary/aromatic N) is 6. The van der Waals surface area contributed by atoms with E-state index in [4.69, 9.17) is 23.2 Å². The highest BCUT2D eigenvalue weighted by Gasteiger charge is 2.35. The van der Waals surface area contributed by atoms with Gasteiger partial charge in [0, 0.05) is 57.6 Å². The van der Waals surface area contributed by atoms with E-state index in [1.54, 1.807) is 48.3 Å². The third-order valence-corrected chi connectivity index (χ3v) is 7.68. The van der Waals surface area contributed by atoms with Gasteiger partial charge in [0.05, 0.1) is 28.9 Å². The minimum absolute atomic E-state index is 0.0514. The number of piperidine rings is 1. The lowest BCUT2D eigenvalue weighted by molar-refractivity contribution is -0.0220. The Morgan fingerprint density at radius 3 is 2.51 bits per heavy atom. The molecule has 14 heteroatoms. The molecule has 0 aliphatic carbocycles. The lowest BCUT2D eigenvalue weighted by Gasteiger charge is -2.35. The number of aromatic nitrogens is 2. The lowest BCUT2D eigenvalue weighted by atomic mass is 10.0. The number of carbonyl (C=O) groups is 2. The number of carboxylic acid groups (broad SMARTS) is 1. The van der Waals surface area contributed by atoms with E-state index in [1.807, 2.05) is 4.90 Å². The van der Waals surface area contributed by atoms with E-state index < -0.39 is 12.0 Å². The molecule has 0 radical (unpaired) electrons. The van der Waals surface area contributed by atoms with E-state index in [0.29, 0.717) is 38.5 Å². The van der Waals surface area contributed by atoms with Gasteiger partial charge < -0.3 is 25.1 Å². The van der Waals surface area contributed by atoms with Gasteiger partial charge in [-0.15, -0.1) is 0 Å². The normalized spacial score (nSPS) is 16.4. The molecule has 2 amide bonds. The van der Waals surface area contributed by atoms with E-state index in [0.717, 1.165) is 4.90 Å². The molecule has 0 spiro atoms. The molecule has 2 aromatic carbocycles. The van der Waals surface area contributed by atoms with Crippen LogP contribution in [0, 0.1) is 0 Å². The Balaban J connectivity index is 1.41. The van der Waals surface area contributed by atoms with E-state index in [-0.39, 0.29) is 56.6 Å². The van der Waals surface area contributed by atoms with Crippen LogP contribution in [0.15, 0.2) is 42.6 Å². The molecule has 2 N–H and O–H groups in total. The van der Waals surface area contributed by atoms with Crippen LogP contribution in [0.4, 0.5) is 42.4 Å². The van der Waals surface area contributed by atoms with Crippen molar-refractivity contribution in [2.24, 2.45) is 0 Å². The number of hydrogen-bond acceptors (Lipinski definition) is 7. The predicted octanol–water partition coefficient (Wildman–Crippen LogP) is 5.93. The van der Waals surface area contributed by atoms with Gasteiger partial charge >= 0.3 is 6.09 Å². The Morgan fingerprint density at radius 1 is 1.17 bits per heavy atom. The molecule has 2 aliphatic rings. The summed E-state index contributed by atoms with van der Waals surface area (Å²) in [5, 5.41) is 13.2. The van der Waals surface area contributed by atoms with Crippen LogP contribution in [0.1, 0.15) is 28.8 Å². The van der Waals surface area contributed by atoms with Crippen LogP contribution >= 0.6 is 23.2 Å². The molecule has 3 aromatic rings. The Hall–Kier alpha value is -3.90. The second kappa shape index (κ2) is 11.2. The highest BCUT2D eigenvalue weighted by atomic mass is 35.5. The van der Waals surface area contributed by atoms with Crippen molar-refractivity contribution in [1.29, 1.82) is 0 Å². The van der Waals surface area contributed by atoms with Gasteiger partial charge in [-0.25, -0.2) is 18.6 Å². The second-order valence-electron chi connectivity index (χ2n) is 10.0. The van der Waals surface area contributed by atoms with Crippen LogP contribution in [0.5, 0.6) is 0 Å². The summed E-state index contributed by atoms with van der Waals surface area (Å²) < 4.78 is 27.5. The molecule has 1 saturated heterocycles. The largest absolute Gasteiger partial charge is 0.465 e. The molecule has 3 heterocycles. The summed E-state index contributed by atoms with van der Waals surface area (Å²) in [4.78, 5) is 39.9. The van der Waals surface area contributed by atoms with Crippen molar-refractivity contribution in [2.45, 2.75) is 25.3 Å². The third kappa shape index (κ3) is 5.94. The Bertz CT molecular complexity index is 1480. The number of fused-ring (bicyclic) bond motifs is 1. The number of anilines is 5. The first kappa shape index (κ1) is 28.6. The number of benzene rings is 2. The molecule has 1 fully saturated rings. The van der Waals surface area contributed by atoms with Gasteiger partial charge in [0.1, 0.15) is 11.4 Å². The van der Waals surface area contributed by atoms with E-state index in [9.17, 15) is 23.5 Å². The SMILES string of the molecule is CN(Cc1cc(Nc2ncc3c(n2)N(C)CN(c2c(Cl)cccc2Cl)C3=O)ccc1N1CCC(F)(F)CC1)C(=O)O. The smallest absolute Gasteiger partial charge is 0.407 e. The van der Waals surface area contributed by atoms with Gasteiger partial charge in [0.25, 0.3) is 11.8 Å². The first-order valence-electron chi connectivity index (χ1n) is 12.7. The van der Waals surface area contributed by atoms with Gasteiger partial charge in [-0.3, -0.25) is 9.69 Å². The molecule has 2 aliphatic heterocycles. The zero-order chi connectivity index (χ0) is 29.5. The highest BCUT2D eigenvalue weighted by Crippen LogP contribution is 2.38. The van der Waals surface area contributed by atoms with Crippen LogP contribution in [0.2, 0.25) is 10.0 Å². The number of amides is 2. The van der Waals surface area contributed by atoms with Gasteiger partial charge in [-0.1, -0.05) is 29.3 Å². The fraction of sp³-hybridized carbons (Fsp3) is 0.333. The highest BCUT2D eigenvalue weighted by molar-refractivity contribution is 6.40. The zero-order valence-corrected chi connectivity index (χ0v) is 23.8. The maximum Gasteiger partial charge on any atom is 0.407 e. The van der Waals surface area contributed by atoms with Crippen LogP contribution in [0.25, 0.3) is 0 Å². The second-order valence-corrected chi connectivity index (χ2v) is 10.8. The van der Waals surface area contributed by atoms with E-state index >= 15 is 0 Å². The molecule has 1 aromatic heterocycles. The molecular formula is C27H27Cl2F2N7O3. The lowest BCUT2D eigenvalue weighted by Crippen LogP contribution is -2.46. The maximum absolute atomic E-state index is 13.8. The number of nitrogens with one attached hydrogen (secondary N) is 1. The van der Waals surface area contributed by atoms with Crippen molar-refractivity contribution >= 4 is 64.0 Å². The van der Waals surface area contributed by atoms with Crippen molar-refractivity contribution in [3.63, 3.8) is 0 Å². The topological polar surface area (TPSA) is 105 Å². The zero-order valence-electron chi connectivity index (χ0n) is 22.2. The summed E-state index contributed by atoms with van der Waals surface area (Å²) in [5.41, 5.74) is 2.56. The molecule has 10 nitrogen and oxygen atoms in total. The van der Waals surface area contributed by atoms with Crippen LogP contribution in [-0.2, 0) is 6.54 Å². The molecule has 5 rings (SSSR count). The van der Waals surface area contributed by atoms with Crippen molar-refractivity contribution < 1.29 is 23.5 Å². The van der Waals surface area contributed by atoms with Crippen molar-refractivity contribution in [1.82, 2.24) is 14.9 Å². The summed E-state index contributed by atoms with van der Waals surface area (Å²) in [7, 11) is 3.21. The molecule has 0 saturated carbocycles. The quantitative estimate of drug-likeness (QED) is 0.356. The minimum Gasteiger partial charge on any atom is -0.465 e. The Kier molecular flexibility index (Phi) is 7.80. The van der Waals surface area contributed by atoms with E-state index in [2.05, 4.69) is 15.3 Å². The third-order valence-electron chi connectivity index (χ3n) is 7.07. The summed E-state index contributed by atoms with van der Waals surface area (Å²) in [6.45, 7) is 0.527. The fourth-order valence-corrected chi connectivity index (χ4v) is 5.51. The average Bonchev–Trinajstić information content (AvgIpc) is 2.91. The minimum atomic E-state index is -2.70. The summed E-state index contributed by atoms with van der Waals surface area (Å²) in [5.74, 6) is -2.43. The maximum atomic E-state index is 13.8. The molecule has 216 valence electrons.